The van der Waals surface area contributed by atoms with Gasteiger partial charge in [-0.3, -0.25) is 9.59 Å². The van der Waals surface area contributed by atoms with Crippen LogP contribution in [-0.2, 0) is 11.8 Å². The molecule has 7 heteroatoms. The Morgan fingerprint density at radius 2 is 2.38 bits per heavy atom. The Kier molecular flexibility index (Phi) is 4.01. The summed E-state index contributed by atoms with van der Waals surface area (Å²) in [6.07, 6.45) is 3.35. The van der Waals surface area contributed by atoms with Crippen LogP contribution in [0.15, 0.2) is 12.4 Å². The maximum atomic E-state index is 11.5. The third-order valence-electron chi connectivity index (χ3n) is 2.08. The Balaban J connectivity index is 2.37. The van der Waals surface area contributed by atoms with Crippen molar-refractivity contribution in [1.82, 2.24) is 14.9 Å². The molecule has 0 radical (unpaired) electrons. The van der Waals surface area contributed by atoms with Crippen molar-refractivity contribution in [2.75, 3.05) is 6.54 Å². The van der Waals surface area contributed by atoms with Crippen molar-refractivity contribution in [3.63, 3.8) is 0 Å². The van der Waals surface area contributed by atoms with Gasteiger partial charge in [0.2, 0.25) is 0 Å². The molecule has 0 aliphatic rings. The first kappa shape index (κ1) is 12.2. The molecular weight excluding hydrogens is 212 g/mol. The molecule has 0 saturated heterocycles. The van der Waals surface area contributed by atoms with Gasteiger partial charge in [-0.2, -0.15) is 0 Å². The lowest BCUT2D eigenvalue weighted by molar-refractivity contribution is -0.138. The Bertz CT molecular complexity index is 388. The van der Waals surface area contributed by atoms with Gasteiger partial charge in [0, 0.05) is 26.0 Å². The zero-order valence-corrected chi connectivity index (χ0v) is 8.88. The number of hydrogen-bond donors (Lipinski definition) is 3. The van der Waals surface area contributed by atoms with E-state index in [0.717, 1.165) is 0 Å². The van der Waals surface area contributed by atoms with E-state index in [2.05, 4.69) is 10.3 Å². The van der Waals surface area contributed by atoms with E-state index in [0.29, 0.717) is 0 Å². The van der Waals surface area contributed by atoms with Crippen LogP contribution >= 0.6 is 0 Å². The average molecular weight is 226 g/mol. The molecule has 0 fully saturated rings. The van der Waals surface area contributed by atoms with Gasteiger partial charge in [-0.15, -0.1) is 0 Å². The number of rotatable bonds is 5. The first-order valence-electron chi connectivity index (χ1n) is 4.76. The normalized spacial score (nSPS) is 12.1. The van der Waals surface area contributed by atoms with Crippen molar-refractivity contribution in [3.05, 3.63) is 18.2 Å². The fraction of sp³-hybridized carbons (Fsp3) is 0.444. The van der Waals surface area contributed by atoms with Crippen LogP contribution < -0.4 is 11.1 Å². The Morgan fingerprint density at radius 3 is 2.88 bits per heavy atom. The fourth-order valence-corrected chi connectivity index (χ4v) is 1.13. The molecule has 0 saturated carbocycles. The van der Waals surface area contributed by atoms with Crippen LogP contribution in [0.4, 0.5) is 0 Å². The largest absolute Gasteiger partial charge is 0.480 e. The predicted molar refractivity (Wildman–Crippen MR) is 55.8 cm³/mol. The molecule has 1 rings (SSSR count). The molecule has 0 aliphatic carbocycles. The topological polar surface area (TPSA) is 110 Å². The molecule has 7 nitrogen and oxygen atoms in total. The molecule has 0 aromatic carbocycles. The first-order chi connectivity index (χ1) is 7.52. The molecule has 1 atom stereocenters. The predicted octanol–water partition coefficient (Wildman–Crippen LogP) is -1.05. The van der Waals surface area contributed by atoms with Gasteiger partial charge in [0.25, 0.3) is 5.91 Å². The second kappa shape index (κ2) is 5.26. The van der Waals surface area contributed by atoms with Gasteiger partial charge >= 0.3 is 5.97 Å². The van der Waals surface area contributed by atoms with Crippen molar-refractivity contribution in [2.45, 2.75) is 12.5 Å². The Labute approximate surface area is 92.3 Å². The summed E-state index contributed by atoms with van der Waals surface area (Å²) >= 11 is 0. The average Bonchev–Trinajstić information content (AvgIpc) is 2.64. The van der Waals surface area contributed by atoms with Crippen LogP contribution in [0.25, 0.3) is 0 Å². The van der Waals surface area contributed by atoms with Crippen molar-refractivity contribution in [2.24, 2.45) is 12.8 Å². The number of nitrogens with two attached hydrogens (primary N) is 1. The van der Waals surface area contributed by atoms with Crippen molar-refractivity contribution in [1.29, 1.82) is 0 Å². The lowest BCUT2D eigenvalue weighted by Crippen LogP contribution is -2.36. The zero-order chi connectivity index (χ0) is 12.1. The quantitative estimate of drug-likeness (QED) is 0.593. The van der Waals surface area contributed by atoms with Gasteiger partial charge in [0.15, 0.2) is 5.82 Å². The van der Waals surface area contributed by atoms with Gasteiger partial charge < -0.3 is 20.7 Å². The van der Waals surface area contributed by atoms with Crippen LogP contribution in [0.3, 0.4) is 0 Å². The van der Waals surface area contributed by atoms with Crippen LogP contribution in [-0.4, -0.2) is 39.1 Å². The molecule has 1 aromatic rings. The summed E-state index contributed by atoms with van der Waals surface area (Å²) in [6, 6.07) is -0.957. The van der Waals surface area contributed by atoms with E-state index in [1.807, 2.05) is 0 Å². The third kappa shape index (κ3) is 3.06. The number of nitrogens with zero attached hydrogens (tertiary/aromatic N) is 2. The molecule has 1 heterocycles. The zero-order valence-electron chi connectivity index (χ0n) is 8.88. The minimum atomic E-state index is -1.08. The maximum Gasteiger partial charge on any atom is 0.320 e. The number of carboxylic acid groups (broad SMARTS) is 1. The molecular formula is C9H14N4O3. The monoisotopic (exact) mass is 226 g/mol. The minimum absolute atomic E-state index is 0.186. The number of carbonyl (C=O) groups is 2. The minimum Gasteiger partial charge on any atom is -0.480 e. The van der Waals surface area contributed by atoms with E-state index in [4.69, 9.17) is 10.8 Å². The lowest BCUT2D eigenvalue weighted by Gasteiger charge is -2.07. The van der Waals surface area contributed by atoms with Crippen molar-refractivity contribution in [3.8, 4) is 0 Å². The Morgan fingerprint density at radius 1 is 1.69 bits per heavy atom. The van der Waals surface area contributed by atoms with Crippen LogP contribution in [0.2, 0.25) is 0 Å². The highest BCUT2D eigenvalue weighted by molar-refractivity contribution is 5.90. The molecule has 1 aromatic heterocycles. The summed E-state index contributed by atoms with van der Waals surface area (Å²) in [5.41, 5.74) is 5.28. The standard InChI is InChI=1S/C9H14N4O3/c1-13-5-4-11-7(13)8(14)12-3-2-6(10)9(15)16/h4-6H,2-3,10H2,1H3,(H,12,14)(H,15,16)/t6-/m0/s1. The highest BCUT2D eigenvalue weighted by Crippen LogP contribution is 1.94. The third-order valence-corrected chi connectivity index (χ3v) is 2.08. The highest BCUT2D eigenvalue weighted by Gasteiger charge is 2.13. The highest BCUT2D eigenvalue weighted by atomic mass is 16.4. The molecule has 0 aliphatic heterocycles. The van der Waals surface area contributed by atoms with E-state index >= 15 is 0 Å². The Hall–Kier alpha value is -1.89. The smallest absolute Gasteiger partial charge is 0.320 e. The summed E-state index contributed by atoms with van der Waals surface area (Å²) in [4.78, 5) is 25.8. The van der Waals surface area contributed by atoms with Crippen LogP contribution in [0, 0.1) is 0 Å². The molecule has 16 heavy (non-hydrogen) atoms. The van der Waals surface area contributed by atoms with Crippen LogP contribution in [0.1, 0.15) is 17.0 Å². The van der Waals surface area contributed by atoms with Crippen molar-refractivity contribution >= 4 is 11.9 Å². The van der Waals surface area contributed by atoms with E-state index < -0.39 is 12.0 Å². The molecule has 0 unspecified atom stereocenters. The maximum absolute atomic E-state index is 11.5. The van der Waals surface area contributed by atoms with E-state index in [1.165, 1.54) is 6.20 Å². The molecule has 4 N–H and O–H groups in total. The molecule has 88 valence electrons. The number of hydrogen-bond acceptors (Lipinski definition) is 4. The number of imidazole rings is 1. The summed E-state index contributed by atoms with van der Waals surface area (Å²) in [5.74, 6) is -1.14. The molecule has 0 spiro atoms. The number of aryl methyl sites for hydroxylation is 1. The second-order valence-electron chi connectivity index (χ2n) is 3.35. The van der Waals surface area contributed by atoms with Crippen LogP contribution in [0.5, 0.6) is 0 Å². The summed E-state index contributed by atoms with van der Waals surface area (Å²) in [7, 11) is 1.70. The van der Waals surface area contributed by atoms with Gasteiger partial charge in [-0.25, -0.2) is 4.98 Å². The second-order valence-corrected chi connectivity index (χ2v) is 3.35. The van der Waals surface area contributed by atoms with E-state index in [1.54, 1.807) is 17.8 Å². The lowest BCUT2D eigenvalue weighted by atomic mass is 10.2. The number of carboxylic acids is 1. The first-order valence-corrected chi connectivity index (χ1v) is 4.76. The number of aliphatic carboxylic acids is 1. The van der Waals surface area contributed by atoms with Gasteiger partial charge in [0.05, 0.1) is 0 Å². The number of nitrogens with one attached hydrogen (secondary N) is 1. The fourth-order valence-electron chi connectivity index (χ4n) is 1.13. The summed E-state index contributed by atoms with van der Waals surface area (Å²) in [5, 5.41) is 11.1. The van der Waals surface area contributed by atoms with Gasteiger partial charge in [-0.1, -0.05) is 0 Å². The van der Waals surface area contributed by atoms with Crippen molar-refractivity contribution < 1.29 is 14.7 Å². The summed E-state index contributed by atoms with van der Waals surface area (Å²) in [6.45, 7) is 0.208. The van der Waals surface area contributed by atoms with Gasteiger partial charge in [0.1, 0.15) is 6.04 Å². The number of aromatic nitrogens is 2. The number of amides is 1. The van der Waals surface area contributed by atoms with E-state index in [9.17, 15) is 9.59 Å². The van der Waals surface area contributed by atoms with Gasteiger partial charge in [-0.05, 0) is 6.42 Å². The SMILES string of the molecule is Cn1ccnc1C(=O)NCC[C@H](N)C(=O)O. The molecule has 1 amide bonds. The molecule has 0 bridgehead atoms. The van der Waals surface area contributed by atoms with E-state index in [-0.39, 0.29) is 24.7 Å². The number of carbonyl (C=O) groups excluding carboxylic acids is 1. The summed E-state index contributed by atoms with van der Waals surface area (Å²) < 4.78 is 1.58.